The van der Waals surface area contributed by atoms with Gasteiger partial charge in [-0.1, -0.05) is 0 Å². The predicted molar refractivity (Wildman–Crippen MR) is 95.9 cm³/mol. The number of hydrogen-bond donors (Lipinski definition) is 1. The molecule has 0 saturated carbocycles. The van der Waals surface area contributed by atoms with Crippen molar-refractivity contribution in [1.82, 2.24) is 15.1 Å². The van der Waals surface area contributed by atoms with Gasteiger partial charge in [-0.15, -0.1) is 0 Å². The van der Waals surface area contributed by atoms with Gasteiger partial charge in [0, 0.05) is 33.2 Å². The first-order valence-electron chi connectivity index (χ1n) is 8.94. The Bertz CT molecular complexity index is 424. The van der Waals surface area contributed by atoms with Crippen molar-refractivity contribution >= 4 is 12.0 Å². The van der Waals surface area contributed by atoms with Crippen LogP contribution in [-0.2, 0) is 9.53 Å². The van der Waals surface area contributed by atoms with E-state index in [2.05, 4.69) is 12.2 Å². The summed E-state index contributed by atoms with van der Waals surface area (Å²) in [6, 6.07) is 0.110. The predicted octanol–water partition coefficient (Wildman–Crippen LogP) is 2.48. The lowest BCUT2D eigenvalue weighted by atomic mass is 9.90. The van der Waals surface area contributed by atoms with Crippen LogP contribution >= 0.6 is 0 Å². The fourth-order valence-corrected chi connectivity index (χ4v) is 3.13. The molecule has 0 aromatic heterocycles. The molecule has 0 aromatic carbocycles. The first-order chi connectivity index (χ1) is 11.0. The van der Waals surface area contributed by atoms with E-state index in [1.807, 2.05) is 27.7 Å². The summed E-state index contributed by atoms with van der Waals surface area (Å²) in [4.78, 5) is 27.4. The molecule has 1 aliphatic heterocycles. The van der Waals surface area contributed by atoms with Crippen LogP contribution in [0.1, 0.15) is 53.9 Å². The van der Waals surface area contributed by atoms with Crippen LogP contribution in [0.15, 0.2) is 0 Å². The number of likely N-dealkylation sites (tertiary alicyclic amines) is 1. The number of amides is 2. The maximum atomic E-state index is 12.1. The Balaban J connectivity index is 2.35. The van der Waals surface area contributed by atoms with Crippen LogP contribution < -0.4 is 5.32 Å². The molecule has 1 heterocycles. The zero-order valence-electron chi connectivity index (χ0n) is 16.4. The molecule has 1 fully saturated rings. The summed E-state index contributed by atoms with van der Waals surface area (Å²) in [7, 11) is 3.55. The quantitative estimate of drug-likeness (QED) is 0.834. The normalized spacial score (nSPS) is 18.9. The van der Waals surface area contributed by atoms with Crippen LogP contribution in [0, 0.1) is 5.92 Å². The zero-order chi connectivity index (χ0) is 18.5. The highest BCUT2D eigenvalue weighted by Gasteiger charge is 2.28. The summed E-state index contributed by atoms with van der Waals surface area (Å²) >= 11 is 0. The average Bonchev–Trinajstić information content (AvgIpc) is 2.44. The Labute approximate surface area is 146 Å². The molecule has 140 valence electrons. The van der Waals surface area contributed by atoms with Gasteiger partial charge in [0.05, 0.1) is 6.04 Å². The summed E-state index contributed by atoms with van der Waals surface area (Å²) < 4.78 is 5.43. The number of carbonyl (C=O) groups excluding carboxylic acids is 2. The Morgan fingerprint density at radius 1 is 1.21 bits per heavy atom. The van der Waals surface area contributed by atoms with Gasteiger partial charge < -0.3 is 19.9 Å². The fraction of sp³-hybridized carbons (Fsp3) is 0.889. The lowest BCUT2D eigenvalue weighted by molar-refractivity contribution is -0.130. The molecule has 0 bridgehead atoms. The number of rotatable bonds is 5. The van der Waals surface area contributed by atoms with E-state index in [4.69, 9.17) is 4.74 Å². The molecule has 0 aliphatic carbocycles. The molecule has 0 aromatic rings. The molecule has 6 nitrogen and oxygen atoms in total. The number of ether oxygens (including phenoxy) is 1. The Kier molecular flexibility index (Phi) is 7.52. The number of nitrogens with one attached hydrogen (secondary N) is 1. The van der Waals surface area contributed by atoms with Crippen LogP contribution in [0.4, 0.5) is 4.79 Å². The van der Waals surface area contributed by atoms with Gasteiger partial charge in [-0.25, -0.2) is 4.79 Å². The topological polar surface area (TPSA) is 61.9 Å². The smallest absolute Gasteiger partial charge is 0.410 e. The van der Waals surface area contributed by atoms with Crippen molar-refractivity contribution in [2.24, 2.45) is 5.92 Å². The maximum absolute atomic E-state index is 12.1. The van der Waals surface area contributed by atoms with E-state index in [0.29, 0.717) is 5.92 Å². The first-order valence-corrected chi connectivity index (χ1v) is 8.94. The summed E-state index contributed by atoms with van der Waals surface area (Å²) in [5.74, 6) is 0.675. The third-order valence-corrected chi connectivity index (χ3v) is 4.30. The van der Waals surface area contributed by atoms with Gasteiger partial charge in [0.15, 0.2) is 0 Å². The van der Waals surface area contributed by atoms with E-state index in [1.165, 1.54) is 0 Å². The average molecular weight is 341 g/mol. The molecular formula is C18H35N3O3. The molecule has 0 radical (unpaired) electrons. The lowest BCUT2D eigenvalue weighted by Gasteiger charge is -2.34. The summed E-state index contributed by atoms with van der Waals surface area (Å²) in [5.41, 5.74) is -0.443. The highest BCUT2D eigenvalue weighted by atomic mass is 16.6. The summed E-state index contributed by atoms with van der Waals surface area (Å²) in [5, 5.41) is 3.38. The largest absolute Gasteiger partial charge is 0.444 e. The molecule has 1 aliphatic rings. The molecule has 1 saturated heterocycles. The second-order valence-corrected chi connectivity index (χ2v) is 8.17. The first kappa shape index (κ1) is 20.7. The molecule has 24 heavy (non-hydrogen) atoms. The minimum atomic E-state index is -0.443. The number of nitrogens with zero attached hydrogens (tertiary/aromatic N) is 2. The van der Waals surface area contributed by atoms with Crippen molar-refractivity contribution in [3.8, 4) is 0 Å². The van der Waals surface area contributed by atoms with E-state index in [1.54, 1.807) is 23.9 Å². The van der Waals surface area contributed by atoms with E-state index in [0.717, 1.165) is 32.4 Å². The highest BCUT2D eigenvalue weighted by molar-refractivity contribution is 5.80. The standard InChI is InChI=1S/C18H35N3O3/c1-13(19-14(2)16(22)20(6)7)12-15-8-10-21(11-9-15)17(23)24-18(3,4)5/h13-15,19H,8-12H2,1-7H3/t13?,14-/m0/s1. The van der Waals surface area contributed by atoms with E-state index in [-0.39, 0.29) is 24.1 Å². The van der Waals surface area contributed by atoms with Gasteiger partial charge in [-0.05, 0) is 59.8 Å². The summed E-state index contributed by atoms with van der Waals surface area (Å²) in [6.07, 6.45) is 2.78. The Morgan fingerprint density at radius 2 is 1.75 bits per heavy atom. The van der Waals surface area contributed by atoms with Gasteiger partial charge in [-0.3, -0.25) is 4.79 Å². The van der Waals surface area contributed by atoms with Crippen molar-refractivity contribution in [2.75, 3.05) is 27.2 Å². The third kappa shape index (κ3) is 7.07. The van der Waals surface area contributed by atoms with Crippen LogP contribution in [0.3, 0.4) is 0 Å². The van der Waals surface area contributed by atoms with Gasteiger partial charge in [-0.2, -0.15) is 0 Å². The molecule has 0 spiro atoms. The van der Waals surface area contributed by atoms with Crippen molar-refractivity contribution in [3.05, 3.63) is 0 Å². The molecule has 1 N–H and O–H groups in total. The second kappa shape index (κ2) is 8.70. The van der Waals surface area contributed by atoms with Crippen LogP contribution in [-0.4, -0.2) is 66.7 Å². The van der Waals surface area contributed by atoms with Crippen molar-refractivity contribution in [3.63, 3.8) is 0 Å². The van der Waals surface area contributed by atoms with Crippen molar-refractivity contribution in [1.29, 1.82) is 0 Å². The number of piperidine rings is 1. The maximum Gasteiger partial charge on any atom is 0.410 e. The number of carbonyl (C=O) groups is 2. The van der Waals surface area contributed by atoms with Crippen molar-refractivity contribution in [2.45, 2.75) is 71.6 Å². The minimum absolute atomic E-state index is 0.0987. The van der Waals surface area contributed by atoms with Crippen LogP contribution in [0.5, 0.6) is 0 Å². The van der Waals surface area contributed by atoms with E-state index >= 15 is 0 Å². The second-order valence-electron chi connectivity index (χ2n) is 8.17. The Morgan fingerprint density at radius 3 is 2.21 bits per heavy atom. The third-order valence-electron chi connectivity index (χ3n) is 4.30. The fourth-order valence-electron chi connectivity index (χ4n) is 3.13. The van der Waals surface area contributed by atoms with Crippen LogP contribution in [0.25, 0.3) is 0 Å². The van der Waals surface area contributed by atoms with Gasteiger partial charge in [0.2, 0.25) is 5.91 Å². The molecule has 2 atom stereocenters. The van der Waals surface area contributed by atoms with E-state index < -0.39 is 5.60 Å². The van der Waals surface area contributed by atoms with Gasteiger partial charge in [0.25, 0.3) is 0 Å². The summed E-state index contributed by atoms with van der Waals surface area (Å²) in [6.45, 7) is 11.2. The molecule has 1 unspecified atom stereocenters. The van der Waals surface area contributed by atoms with Gasteiger partial charge >= 0.3 is 6.09 Å². The van der Waals surface area contributed by atoms with Gasteiger partial charge in [0.1, 0.15) is 5.60 Å². The van der Waals surface area contributed by atoms with Crippen molar-refractivity contribution < 1.29 is 14.3 Å². The monoisotopic (exact) mass is 341 g/mol. The number of likely N-dealkylation sites (N-methyl/N-ethyl adjacent to an activating group) is 1. The minimum Gasteiger partial charge on any atom is -0.444 e. The SMILES string of the molecule is CC(CC1CCN(C(=O)OC(C)(C)C)CC1)N[C@@H](C)C(=O)N(C)C. The zero-order valence-corrected chi connectivity index (χ0v) is 16.4. The van der Waals surface area contributed by atoms with Crippen LogP contribution in [0.2, 0.25) is 0 Å². The molecule has 6 heteroatoms. The van der Waals surface area contributed by atoms with E-state index in [9.17, 15) is 9.59 Å². The number of hydrogen-bond acceptors (Lipinski definition) is 4. The molecule has 1 rings (SSSR count). The molecule has 2 amide bonds. The highest BCUT2D eigenvalue weighted by Crippen LogP contribution is 2.23. The molecular weight excluding hydrogens is 306 g/mol. The lowest BCUT2D eigenvalue weighted by Crippen LogP contribution is -2.46. The Hall–Kier alpha value is -1.30.